The van der Waals surface area contributed by atoms with Crippen molar-refractivity contribution >= 4 is 32.3 Å². The van der Waals surface area contributed by atoms with Crippen LogP contribution in [0.2, 0.25) is 0 Å². The predicted octanol–water partition coefficient (Wildman–Crippen LogP) is 7.43. The number of rotatable bonds is 1. The monoisotopic (exact) mass is 332 g/mol. The molecular formula is C26H20. The van der Waals surface area contributed by atoms with Crippen LogP contribution in [-0.4, -0.2) is 0 Å². The Hall–Kier alpha value is -3.12. The van der Waals surface area contributed by atoms with Gasteiger partial charge in [0, 0.05) is 0 Å². The van der Waals surface area contributed by atoms with Crippen LogP contribution in [0.1, 0.15) is 11.1 Å². The number of hydrogen-bond acceptors (Lipinski definition) is 0. The fourth-order valence-electron chi connectivity index (χ4n) is 4.07. The molecule has 0 saturated carbocycles. The first-order valence-corrected chi connectivity index (χ1v) is 9.12. The van der Waals surface area contributed by atoms with Crippen molar-refractivity contribution in [3.8, 4) is 11.1 Å². The van der Waals surface area contributed by atoms with Crippen LogP contribution >= 0.6 is 0 Å². The first kappa shape index (κ1) is 15.2. The van der Waals surface area contributed by atoms with Gasteiger partial charge in [0.1, 0.15) is 0 Å². The van der Waals surface area contributed by atoms with Gasteiger partial charge in [0.25, 0.3) is 0 Å². The summed E-state index contributed by atoms with van der Waals surface area (Å²) < 4.78 is 0. The van der Waals surface area contributed by atoms with Gasteiger partial charge in [-0.1, -0.05) is 90.0 Å². The van der Waals surface area contributed by atoms with E-state index < -0.39 is 0 Å². The van der Waals surface area contributed by atoms with E-state index >= 15 is 0 Å². The Balaban J connectivity index is 1.93. The molecule has 0 aromatic heterocycles. The minimum Gasteiger partial charge on any atom is -0.0616 e. The number of benzene rings is 5. The van der Waals surface area contributed by atoms with Crippen molar-refractivity contribution in [2.24, 2.45) is 0 Å². The number of hydrogen-bond donors (Lipinski definition) is 0. The van der Waals surface area contributed by atoms with E-state index in [0.717, 1.165) is 0 Å². The van der Waals surface area contributed by atoms with E-state index in [1.54, 1.807) is 0 Å². The Morgan fingerprint density at radius 3 is 1.69 bits per heavy atom. The molecule has 0 spiro atoms. The summed E-state index contributed by atoms with van der Waals surface area (Å²) in [5.41, 5.74) is 5.15. The molecular weight excluding hydrogens is 312 g/mol. The van der Waals surface area contributed by atoms with Gasteiger partial charge in [-0.3, -0.25) is 0 Å². The molecule has 0 unspecified atom stereocenters. The number of aryl methyl sites for hydroxylation is 2. The molecule has 0 aliphatic carbocycles. The van der Waals surface area contributed by atoms with Crippen LogP contribution in [0.15, 0.2) is 84.9 Å². The molecule has 0 radical (unpaired) electrons. The highest BCUT2D eigenvalue weighted by Gasteiger charge is 2.10. The molecule has 0 fully saturated rings. The average molecular weight is 332 g/mol. The van der Waals surface area contributed by atoms with Crippen LogP contribution in [-0.2, 0) is 0 Å². The Labute approximate surface area is 153 Å². The maximum atomic E-state index is 2.35. The largest absolute Gasteiger partial charge is 0.0616 e. The molecule has 26 heavy (non-hydrogen) atoms. The predicted molar refractivity (Wildman–Crippen MR) is 114 cm³/mol. The highest BCUT2D eigenvalue weighted by molar-refractivity contribution is 6.25. The molecule has 0 heterocycles. The second-order valence-electron chi connectivity index (χ2n) is 7.22. The minimum atomic E-state index is 1.28. The van der Waals surface area contributed by atoms with E-state index in [-0.39, 0.29) is 0 Å². The van der Waals surface area contributed by atoms with Crippen LogP contribution < -0.4 is 0 Å². The zero-order chi connectivity index (χ0) is 17.7. The van der Waals surface area contributed by atoms with E-state index in [4.69, 9.17) is 0 Å². The summed E-state index contributed by atoms with van der Waals surface area (Å²) in [5, 5.41) is 8.00. The lowest BCUT2D eigenvalue weighted by Gasteiger charge is -2.13. The highest BCUT2D eigenvalue weighted by atomic mass is 14.1. The lowest BCUT2D eigenvalue weighted by atomic mass is 9.91. The van der Waals surface area contributed by atoms with Crippen molar-refractivity contribution in [1.29, 1.82) is 0 Å². The van der Waals surface area contributed by atoms with Gasteiger partial charge in [-0.25, -0.2) is 0 Å². The van der Waals surface area contributed by atoms with Crippen molar-refractivity contribution in [2.45, 2.75) is 13.8 Å². The smallest absolute Gasteiger partial charge is 0.00928 e. The second-order valence-corrected chi connectivity index (χ2v) is 7.22. The van der Waals surface area contributed by atoms with Gasteiger partial charge in [0.2, 0.25) is 0 Å². The first-order chi connectivity index (χ1) is 12.7. The summed E-state index contributed by atoms with van der Waals surface area (Å²) in [6.07, 6.45) is 0. The van der Waals surface area contributed by atoms with Crippen molar-refractivity contribution in [1.82, 2.24) is 0 Å². The zero-order valence-electron chi connectivity index (χ0n) is 15.1. The third-order valence-corrected chi connectivity index (χ3v) is 5.34. The Bertz CT molecular complexity index is 1270. The highest BCUT2D eigenvalue weighted by Crippen LogP contribution is 2.37. The van der Waals surface area contributed by atoms with Crippen molar-refractivity contribution < 1.29 is 0 Å². The standard InChI is InChI=1S/C26H20/c1-17-6-5-7-19(14-17)20-11-13-24-23-12-10-18(2)15-25(23)21-8-3-4-9-22(21)26(24)16-20/h3-16H,1-2H3. The molecule has 0 aliphatic rings. The molecule has 0 amide bonds. The Kier molecular flexibility index (Phi) is 3.33. The third-order valence-electron chi connectivity index (χ3n) is 5.34. The topological polar surface area (TPSA) is 0 Å². The second kappa shape index (κ2) is 5.71. The molecule has 0 N–H and O–H groups in total. The summed E-state index contributed by atoms with van der Waals surface area (Å²) in [6.45, 7) is 4.31. The molecule has 5 rings (SSSR count). The van der Waals surface area contributed by atoms with Gasteiger partial charge in [-0.05, 0) is 63.4 Å². The van der Waals surface area contributed by atoms with Crippen molar-refractivity contribution in [2.75, 3.05) is 0 Å². The van der Waals surface area contributed by atoms with Gasteiger partial charge in [0.05, 0.1) is 0 Å². The van der Waals surface area contributed by atoms with Crippen LogP contribution in [0.3, 0.4) is 0 Å². The molecule has 0 nitrogen and oxygen atoms in total. The minimum absolute atomic E-state index is 1.28. The number of fused-ring (bicyclic) bond motifs is 6. The Morgan fingerprint density at radius 2 is 0.962 bits per heavy atom. The molecule has 0 atom stereocenters. The molecule has 0 bridgehead atoms. The first-order valence-electron chi connectivity index (χ1n) is 9.12. The fraction of sp³-hybridized carbons (Fsp3) is 0.0769. The van der Waals surface area contributed by atoms with E-state index in [1.165, 1.54) is 54.6 Å². The molecule has 0 heteroatoms. The average Bonchev–Trinajstić information content (AvgIpc) is 2.68. The van der Waals surface area contributed by atoms with Gasteiger partial charge in [0.15, 0.2) is 0 Å². The normalized spacial score (nSPS) is 11.5. The van der Waals surface area contributed by atoms with Crippen molar-refractivity contribution in [3.63, 3.8) is 0 Å². The summed E-state index contributed by atoms with van der Waals surface area (Å²) in [7, 11) is 0. The summed E-state index contributed by atoms with van der Waals surface area (Å²) in [4.78, 5) is 0. The molecule has 124 valence electrons. The van der Waals surface area contributed by atoms with Crippen LogP contribution in [0.25, 0.3) is 43.4 Å². The SMILES string of the molecule is Cc1cccc(-c2ccc3c4ccc(C)cc4c4ccccc4c3c2)c1. The van der Waals surface area contributed by atoms with E-state index in [2.05, 4.69) is 98.8 Å². The van der Waals surface area contributed by atoms with Gasteiger partial charge >= 0.3 is 0 Å². The summed E-state index contributed by atoms with van der Waals surface area (Å²) in [6, 6.07) is 31.2. The van der Waals surface area contributed by atoms with E-state index in [1.807, 2.05) is 0 Å². The van der Waals surface area contributed by atoms with Gasteiger partial charge in [-0.2, -0.15) is 0 Å². The fourth-order valence-corrected chi connectivity index (χ4v) is 4.07. The van der Waals surface area contributed by atoms with Crippen LogP contribution in [0.4, 0.5) is 0 Å². The molecule has 0 saturated heterocycles. The summed E-state index contributed by atoms with van der Waals surface area (Å²) in [5.74, 6) is 0. The summed E-state index contributed by atoms with van der Waals surface area (Å²) >= 11 is 0. The molecule has 5 aromatic carbocycles. The maximum absolute atomic E-state index is 2.35. The Morgan fingerprint density at radius 1 is 0.385 bits per heavy atom. The van der Waals surface area contributed by atoms with E-state index in [9.17, 15) is 0 Å². The maximum Gasteiger partial charge on any atom is -0.00928 e. The van der Waals surface area contributed by atoms with Gasteiger partial charge in [-0.15, -0.1) is 0 Å². The van der Waals surface area contributed by atoms with Gasteiger partial charge < -0.3 is 0 Å². The lowest BCUT2D eigenvalue weighted by molar-refractivity contribution is 1.47. The van der Waals surface area contributed by atoms with Crippen LogP contribution in [0, 0.1) is 13.8 Å². The van der Waals surface area contributed by atoms with E-state index in [0.29, 0.717) is 0 Å². The van der Waals surface area contributed by atoms with Crippen molar-refractivity contribution in [3.05, 3.63) is 96.1 Å². The quantitative estimate of drug-likeness (QED) is 0.280. The van der Waals surface area contributed by atoms with Crippen LogP contribution in [0.5, 0.6) is 0 Å². The molecule has 0 aliphatic heterocycles. The zero-order valence-corrected chi connectivity index (χ0v) is 15.1. The lowest BCUT2D eigenvalue weighted by Crippen LogP contribution is -1.86. The third kappa shape index (κ3) is 2.30. The molecule has 5 aromatic rings.